The Morgan fingerprint density at radius 2 is 1.82 bits per heavy atom. The second kappa shape index (κ2) is 6.62. The molecule has 3 N–H and O–H groups in total. The molecular formula is C18H21N3O. The molecule has 114 valence electrons. The maximum atomic E-state index is 12.2. The van der Waals surface area contributed by atoms with Crippen LogP contribution in [0.4, 0.5) is 11.4 Å². The molecule has 1 aliphatic rings. The van der Waals surface area contributed by atoms with E-state index in [2.05, 4.69) is 10.2 Å². The van der Waals surface area contributed by atoms with E-state index in [4.69, 9.17) is 5.73 Å². The quantitative estimate of drug-likeness (QED) is 0.852. The summed E-state index contributed by atoms with van der Waals surface area (Å²) < 4.78 is 0. The van der Waals surface area contributed by atoms with E-state index in [0.29, 0.717) is 16.9 Å². The Hall–Kier alpha value is -2.33. The van der Waals surface area contributed by atoms with Gasteiger partial charge in [-0.05, 0) is 61.8 Å². The van der Waals surface area contributed by atoms with Crippen LogP contribution < -0.4 is 11.1 Å². The van der Waals surface area contributed by atoms with Crippen molar-refractivity contribution in [2.45, 2.75) is 19.4 Å². The molecule has 1 heterocycles. The molecule has 0 unspecified atom stereocenters. The number of nitrogens with zero attached hydrogens (tertiary/aromatic N) is 1. The third kappa shape index (κ3) is 3.65. The number of nitrogens with one attached hydrogen (secondary N) is 1. The molecule has 1 amide bonds. The molecule has 1 aliphatic heterocycles. The van der Waals surface area contributed by atoms with E-state index in [1.54, 1.807) is 12.1 Å². The molecule has 4 nitrogen and oxygen atoms in total. The van der Waals surface area contributed by atoms with Gasteiger partial charge in [0, 0.05) is 23.5 Å². The number of carbonyl (C=O) groups is 1. The van der Waals surface area contributed by atoms with Gasteiger partial charge in [-0.1, -0.05) is 18.2 Å². The highest BCUT2D eigenvalue weighted by Gasteiger charge is 2.12. The van der Waals surface area contributed by atoms with Gasteiger partial charge in [-0.2, -0.15) is 0 Å². The third-order valence-corrected chi connectivity index (χ3v) is 3.97. The molecule has 0 radical (unpaired) electrons. The Bertz CT molecular complexity index is 646. The predicted molar refractivity (Wildman–Crippen MR) is 89.8 cm³/mol. The van der Waals surface area contributed by atoms with Crippen molar-refractivity contribution in [3.63, 3.8) is 0 Å². The molecular weight excluding hydrogens is 274 g/mol. The minimum atomic E-state index is -0.113. The molecule has 0 spiro atoms. The number of rotatable bonds is 4. The molecule has 0 saturated carbocycles. The van der Waals surface area contributed by atoms with Gasteiger partial charge in [-0.15, -0.1) is 0 Å². The summed E-state index contributed by atoms with van der Waals surface area (Å²) in [6.45, 7) is 3.33. The van der Waals surface area contributed by atoms with E-state index in [1.807, 2.05) is 36.4 Å². The van der Waals surface area contributed by atoms with Gasteiger partial charge < -0.3 is 11.1 Å². The van der Waals surface area contributed by atoms with Crippen LogP contribution in [-0.2, 0) is 6.54 Å². The summed E-state index contributed by atoms with van der Waals surface area (Å²) >= 11 is 0. The second-order valence-electron chi connectivity index (χ2n) is 5.76. The minimum absolute atomic E-state index is 0.113. The summed E-state index contributed by atoms with van der Waals surface area (Å²) in [4.78, 5) is 14.7. The highest BCUT2D eigenvalue weighted by molar-refractivity contribution is 6.04. The van der Waals surface area contributed by atoms with Crippen molar-refractivity contribution >= 4 is 17.3 Å². The minimum Gasteiger partial charge on any atom is -0.399 e. The largest absolute Gasteiger partial charge is 0.399 e. The zero-order valence-electron chi connectivity index (χ0n) is 12.6. The Morgan fingerprint density at radius 1 is 1.09 bits per heavy atom. The lowest BCUT2D eigenvalue weighted by molar-refractivity contribution is 0.102. The lowest BCUT2D eigenvalue weighted by Gasteiger charge is -2.14. The molecule has 0 bridgehead atoms. The Kier molecular flexibility index (Phi) is 4.39. The number of carbonyl (C=O) groups excluding carboxylic acids is 1. The fraction of sp³-hybridized carbons (Fsp3) is 0.278. The molecule has 2 aromatic rings. The van der Waals surface area contributed by atoms with Gasteiger partial charge in [-0.3, -0.25) is 9.69 Å². The molecule has 0 atom stereocenters. The van der Waals surface area contributed by atoms with Crippen molar-refractivity contribution in [2.24, 2.45) is 0 Å². The number of nitrogen functional groups attached to an aromatic ring is 1. The Morgan fingerprint density at radius 3 is 2.50 bits per heavy atom. The molecule has 4 heteroatoms. The van der Waals surface area contributed by atoms with Gasteiger partial charge in [0.15, 0.2) is 0 Å². The molecule has 0 aromatic heterocycles. The number of hydrogen-bond acceptors (Lipinski definition) is 3. The van der Waals surface area contributed by atoms with Crippen molar-refractivity contribution in [1.82, 2.24) is 4.90 Å². The van der Waals surface area contributed by atoms with E-state index in [-0.39, 0.29) is 5.91 Å². The van der Waals surface area contributed by atoms with Crippen molar-refractivity contribution in [2.75, 3.05) is 24.1 Å². The average Bonchev–Trinajstić information content (AvgIpc) is 3.01. The van der Waals surface area contributed by atoms with Crippen molar-refractivity contribution < 1.29 is 4.79 Å². The number of anilines is 2. The smallest absolute Gasteiger partial charge is 0.255 e. The standard InChI is InChI=1S/C18H21N3O/c19-16-4-3-5-17(12-16)20-18(22)15-8-6-14(7-9-15)13-21-10-1-2-11-21/h3-9,12H,1-2,10-11,13,19H2,(H,20,22). The van der Waals surface area contributed by atoms with E-state index in [0.717, 1.165) is 6.54 Å². The van der Waals surface area contributed by atoms with Crippen LogP contribution in [-0.4, -0.2) is 23.9 Å². The Labute approximate surface area is 130 Å². The van der Waals surface area contributed by atoms with E-state index in [1.165, 1.54) is 31.5 Å². The Balaban J connectivity index is 1.63. The van der Waals surface area contributed by atoms with E-state index < -0.39 is 0 Å². The fourth-order valence-electron chi connectivity index (χ4n) is 2.78. The van der Waals surface area contributed by atoms with E-state index in [9.17, 15) is 4.79 Å². The van der Waals surface area contributed by atoms with Crippen molar-refractivity contribution in [3.8, 4) is 0 Å². The first-order valence-corrected chi connectivity index (χ1v) is 7.69. The van der Waals surface area contributed by atoms with E-state index >= 15 is 0 Å². The number of amides is 1. The topological polar surface area (TPSA) is 58.4 Å². The van der Waals surface area contributed by atoms with Crippen LogP contribution in [0.1, 0.15) is 28.8 Å². The summed E-state index contributed by atoms with van der Waals surface area (Å²) in [5.41, 5.74) is 8.98. The predicted octanol–water partition coefficient (Wildman–Crippen LogP) is 3.12. The van der Waals surface area contributed by atoms with Crippen LogP contribution in [0.15, 0.2) is 48.5 Å². The number of benzene rings is 2. The third-order valence-electron chi connectivity index (χ3n) is 3.97. The van der Waals surface area contributed by atoms with Crippen LogP contribution in [0.5, 0.6) is 0 Å². The van der Waals surface area contributed by atoms with Crippen molar-refractivity contribution in [3.05, 3.63) is 59.7 Å². The van der Waals surface area contributed by atoms with Crippen LogP contribution in [0, 0.1) is 0 Å². The monoisotopic (exact) mass is 295 g/mol. The highest BCUT2D eigenvalue weighted by atomic mass is 16.1. The van der Waals surface area contributed by atoms with Crippen LogP contribution in [0.3, 0.4) is 0 Å². The zero-order valence-corrected chi connectivity index (χ0v) is 12.6. The van der Waals surface area contributed by atoms with Crippen LogP contribution in [0.25, 0.3) is 0 Å². The maximum absolute atomic E-state index is 12.2. The summed E-state index contributed by atoms with van der Waals surface area (Å²) in [6, 6.07) is 15.0. The number of likely N-dealkylation sites (tertiary alicyclic amines) is 1. The van der Waals surface area contributed by atoms with Crippen molar-refractivity contribution in [1.29, 1.82) is 0 Å². The summed E-state index contributed by atoms with van der Waals surface area (Å²) in [7, 11) is 0. The van der Waals surface area contributed by atoms with Gasteiger partial charge in [-0.25, -0.2) is 0 Å². The highest BCUT2D eigenvalue weighted by Crippen LogP contribution is 2.15. The molecule has 2 aromatic carbocycles. The van der Waals surface area contributed by atoms with Crippen LogP contribution in [0.2, 0.25) is 0 Å². The first-order chi connectivity index (χ1) is 10.7. The molecule has 0 aliphatic carbocycles. The second-order valence-corrected chi connectivity index (χ2v) is 5.76. The first kappa shape index (κ1) is 14.6. The van der Waals surface area contributed by atoms with Gasteiger partial charge in [0.2, 0.25) is 0 Å². The van der Waals surface area contributed by atoms with Gasteiger partial charge in [0.1, 0.15) is 0 Å². The lowest BCUT2D eigenvalue weighted by atomic mass is 10.1. The first-order valence-electron chi connectivity index (χ1n) is 7.69. The normalized spacial score (nSPS) is 14.9. The molecule has 1 saturated heterocycles. The van der Waals surface area contributed by atoms with Gasteiger partial charge in [0.05, 0.1) is 0 Å². The van der Waals surface area contributed by atoms with Gasteiger partial charge in [0.25, 0.3) is 5.91 Å². The summed E-state index contributed by atoms with van der Waals surface area (Å²) in [5.74, 6) is -0.113. The SMILES string of the molecule is Nc1cccc(NC(=O)c2ccc(CN3CCCC3)cc2)c1. The lowest BCUT2D eigenvalue weighted by Crippen LogP contribution is -2.18. The number of hydrogen-bond donors (Lipinski definition) is 2. The summed E-state index contributed by atoms with van der Waals surface area (Å²) in [6.07, 6.45) is 2.58. The summed E-state index contributed by atoms with van der Waals surface area (Å²) in [5, 5.41) is 2.86. The fourth-order valence-corrected chi connectivity index (χ4v) is 2.78. The van der Waals surface area contributed by atoms with Crippen LogP contribution >= 0.6 is 0 Å². The maximum Gasteiger partial charge on any atom is 0.255 e. The number of nitrogens with two attached hydrogens (primary N) is 1. The molecule has 22 heavy (non-hydrogen) atoms. The zero-order chi connectivity index (χ0) is 15.4. The molecule has 1 fully saturated rings. The average molecular weight is 295 g/mol. The molecule has 3 rings (SSSR count). The van der Waals surface area contributed by atoms with Gasteiger partial charge >= 0.3 is 0 Å².